The number of fused-ring (bicyclic) bond motifs is 1. The third-order valence-corrected chi connectivity index (χ3v) is 14.1. The van der Waals surface area contributed by atoms with Crippen LogP contribution < -0.4 is 4.57 Å². The summed E-state index contributed by atoms with van der Waals surface area (Å²) < 4.78 is 4.89. The van der Waals surface area contributed by atoms with Crippen LogP contribution in [-0.4, -0.2) is 25.2 Å². The highest BCUT2D eigenvalue weighted by Crippen LogP contribution is 2.61. The normalized spacial score (nSPS) is 14.3. The molecule has 1 heterocycles. The van der Waals surface area contributed by atoms with Crippen molar-refractivity contribution in [2.24, 2.45) is 0 Å². The maximum Gasteiger partial charge on any atom is 0.245 e. The molecule has 0 fully saturated rings. The van der Waals surface area contributed by atoms with Gasteiger partial charge in [0.2, 0.25) is 6.33 Å². The molecule has 0 aliphatic heterocycles. The van der Waals surface area contributed by atoms with E-state index in [4.69, 9.17) is 23.2 Å². The minimum Gasteiger partial charge on any atom is -0.226 e. The van der Waals surface area contributed by atoms with Gasteiger partial charge >= 0.3 is 0 Å². The van der Waals surface area contributed by atoms with Gasteiger partial charge in [-0.3, -0.25) is 0 Å². The molecule has 0 N–H and O–H groups in total. The molecule has 2 aromatic rings. The van der Waals surface area contributed by atoms with Crippen molar-refractivity contribution < 1.29 is 4.57 Å². The first-order valence-corrected chi connectivity index (χ1v) is 15.0. The average Bonchev–Trinajstić information content (AvgIpc) is 2.83. The summed E-state index contributed by atoms with van der Waals surface area (Å²) in [5.41, 5.74) is 2.38. The van der Waals surface area contributed by atoms with Gasteiger partial charge in [0.15, 0.2) is 11.0 Å². The van der Waals surface area contributed by atoms with Gasteiger partial charge in [-0.05, 0) is 20.6 Å². The van der Waals surface area contributed by atoms with E-state index in [-0.39, 0.29) is 36.5 Å². The van der Waals surface area contributed by atoms with E-state index < -0.39 is 0 Å². The Morgan fingerprint density at radius 3 is 1.55 bits per heavy atom. The molecule has 0 saturated carbocycles. The summed E-state index contributed by atoms with van der Waals surface area (Å²) >= 11 is 13.0. The summed E-state index contributed by atoms with van der Waals surface area (Å²) in [6, 6.07) is 4.12. The minimum absolute atomic E-state index is 0.259. The number of nitrogens with zero attached hydrogens (tertiary/aromatic N) is 2. The average molecular weight is 504 g/mol. The van der Waals surface area contributed by atoms with Gasteiger partial charge in [-0.2, -0.15) is 0 Å². The smallest absolute Gasteiger partial charge is 0.226 e. The molecular formula is C25H43Cl2N2P2+. The maximum absolute atomic E-state index is 6.49. The highest BCUT2D eigenvalue weighted by molar-refractivity contribution is 7.60. The quantitative estimate of drug-likeness (QED) is 0.290. The molecule has 0 saturated heterocycles. The number of hydrogen-bond donors (Lipinski definition) is 0. The van der Waals surface area contributed by atoms with Crippen molar-refractivity contribution in [1.82, 2.24) is 4.57 Å². The van der Waals surface area contributed by atoms with E-state index in [1.54, 1.807) is 0 Å². The molecule has 176 valence electrons. The van der Waals surface area contributed by atoms with Crippen molar-refractivity contribution in [3.05, 3.63) is 28.5 Å². The molecule has 0 aliphatic carbocycles. The van der Waals surface area contributed by atoms with E-state index in [0.29, 0.717) is 10.0 Å². The minimum atomic E-state index is -0.283. The van der Waals surface area contributed by atoms with Crippen molar-refractivity contribution in [3.63, 3.8) is 0 Å². The Kier molecular flexibility index (Phi) is 8.00. The molecule has 2 nitrogen and oxygen atoms in total. The highest BCUT2D eigenvalue weighted by atomic mass is 35.5. The summed E-state index contributed by atoms with van der Waals surface area (Å²) in [5, 5.41) is 2.29. The van der Waals surface area contributed by atoms with E-state index in [1.165, 1.54) is 11.0 Å². The molecular weight excluding hydrogens is 461 g/mol. The first-order valence-electron chi connectivity index (χ1n) is 11.2. The first kappa shape index (κ1) is 27.4. The lowest BCUT2D eigenvalue weighted by atomic mass is 10.2. The molecule has 2 rings (SSSR count). The van der Waals surface area contributed by atoms with E-state index in [0.717, 1.165) is 12.6 Å². The van der Waals surface area contributed by atoms with Crippen LogP contribution in [0.4, 0.5) is 0 Å². The van der Waals surface area contributed by atoms with Crippen molar-refractivity contribution in [2.75, 3.05) is 0 Å². The van der Waals surface area contributed by atoms with Crippen molar-refractivity contribution in [1.29, 1.82) is 0 Å². The fourth-order valence-electron chi connectivity index (χ4n) is 4.67. The number of hydrogen-bond acceptors (Lipinski definition) is 0. The Bertz CT molecular complexity index is 821. The van der Waals surface area contributed by atoms with Crippen LogP contribution in [0.25, 0.3) is 11.0 Å². The van der Waals surface area contributed by atoms with Crippen LogP contribution in [0.1, 0.15) is 83.1 Å². The number of aromatic nitrogens is 2. The van der Waals surface area contributed by atoms with Gasteiger partial charge in [-0.15, -0.1) is 0 Å². The Hall–Kier alpha value is 0.130. The van der Waals surface area contributed by atoms with Gasteiger partial charge < -0.3 is 0 Å². The summed E-state index contributed by atoms with van der Waals surface area (Å²) in [5.74, 6) is 0. The Morgan fingerprint density at radius 1 is 0.710 bits per heavy atom. The second kappa shape index (κ2) is 9.06. The van der Waals surface area contributed by atoms with Crippen LogP contribution >= 0.6 is 39.0 Å². The van der Waals surface area contributed by atoms with Crippen LogP contribution in [0.3, 0.4) is 0 Å². The van der Waals surface area contributed by atoms with Crippen molar-refractivity contribution in [2.45, 2.75) is 116 Å². The lowest BCUT2D eigenvalue weighted by Gasteiger charge is -2.40. The Balaban J connectivity index is 2.66. The topological polar surface area (TPSA) is 8.81 Å². The second-order valence-corrected chi connectivity index (χ2v) is 21.1. The first-order chi connectivity index (χ1) is 13.7. The van der Waals surface area contributed by atoms with Crippen molar-refractivity contribution in [3.8, 4) is 0 Å². The SMILES string of the molecule is CC(C)(C)P(Cn1c[n+](CP(C(C)(C)C)C(C)(C)C)c2cc(Cl)c(Cl)cc21)C(C)(C)C. The summed E-state index contributed by atoms with van der Waals surface area (Å²) in [4.78, 5) is 0. The van der Waals surface area contributed by atoms with Gasteiger partial charge in [-0.25, -0.2) is 9.13 Å². The van der Waals surface area contributed by atoms with Crippen LogP contribution in [0.5, 0.6) is 0 Å². The van der Waals surface area contributed by atoms with E-state index >= 15 is 0 Å². The monoisotopic (exact) mass is 503 g/mol. The third kappa shape index (κ3) is 6.59. The fraction of sp³-hybridized carbons (Fsp3) is 0.720. The molecule has 31 heavy (non-hydrogen) atoms. The third-order valence-electron chi connectivity index (χ3n) is 5.74. The van der Waals surface area contributed by atoms with E-state index in [1.807, 2.05) is 0 Å². The zero-order valence-electron chi connectivity index (χ0n) is 21.7. The number of benzene rings is 1. The number of halogens is 2. The standard InChI is InChI=1S/C25H43Cl2N2P2/c1-22(2,3)30(23(4,5)6)16-28-15-29(17-31(24(7,8)9)25(10,11)12)21-14-19(27)18(26)13-20(21)28/h13-15H,16-17H2,1-12H3/q+1. The largest absolute Gasteiger partial charge is 0.245 e. The zero-order chi connectivity index (χ0) is 24.2. The predicted octanol–water partition coefficient (Wildman–Crippen LogP) is 9.31. The molecule has 1 aromatic heterocycles. The van der Waals surface area contributed by atoms with Gasteiger partial charge in [0.25, 0.3) is 0 Å². The molecule has 0 spiro atoms. The molecule has 0 bridgehead atoms. The second-order valence-electron chi connectivity index (χ2n) is 12.6. The van der Waals surface area contributed by atoms with Gasteiger partial charge in [-0.1, -0.05) is 122 Å². The fourth-order valence-corrected chi connectivity index (χ4v) is 11.8. The van der Waals surface area contributed by atoms with Gasteiger partial charge in [0, 0.05) is 12.1 Å². The number of imidazole rings is 1. The lowest BCUT2D eigenvalue weighted by Crippen LogP contribution is -2.38. The molecule has 1 aromatic carbocycles. The van der Waals surface area contributed by atoms with Crippen LogP contribution in [-0.2, 0) is 12.6 Å². The Morgan fingerprint density at radius 2 is 1.13 bits per heavy atom. The molecule has 0 radical (unpaired) electrons. The highest BCUT2D eigenvalue weighted by Gasteiger charge is 2.39. The summed E-state index contributed by atoms with van der Waals surface area (Å²) in [6.07, 6.45) is 4.37. The van der Waals surface area contributed by atoms with Crippen LogP contribution in [0, 0.1) is 0 Å². The Labute approximate surface area is 203 Å². The van der Waals surface area contributed by atoms with Gasteiger partial charge in [0.05, 0.1) is 10.0 Å². The zero-order valence-corrected chi connectivity index (χ0v) is 25.0. The summed E-state index contributed by atoms with van der Waals surface area (Å²) in [6.45, 7) is 28.6. The lowest BCUT2D eigenvalue weighted by molar-refractivity contribution is -0.652. The molecule has 0 aliphatic rings. The van der Waals surface area contributed by atoms with Crippen LogP contribution in [0.2, 0.25) is 10.0 Å². The van der Waals surface area contributed by atoms with Crippen LogP contribution in [0.15, 0.2) is 18.5 Å². The summed E-state index contributed by atoms with van der Waals surface area (Å²) in [7, 11) is -0.566. The molecule has 0 atom stereocenters. The molecule has 6 heteroatoms. The van der Waals surface area contributed by atoms with Crippen molar-refractivity contribution >= 4 is 50.1 Å². The maximum atomic E-state index is 6.49. The number of rotatable bonds is 4. The molecule has 0 unspecified atom stereocenters. The molecule has 0 amide bonds. The predicted molar refractivity (Wildman–Crippen MR) is 145 cm³/mol. The van der Waals surface area contributed by atoms with E-state index in [9.17, 15) is 0 Å². The van der Waals surface area contributed by atoms with Gasteiger partial charge in [0.1, 0.15) is 12.6 Å². The van der Waals surface area contributed by atoms with E-state index in [2.05, 4.69) is 111 Å².